The number of carbonyl (C=O) groups excluding carboxylic acids is 1. The average molecular weight is 382 g/mol. The van der Waals surface area contributed by atoms with E-state index in [1.165, 1.54) is 0 Å². The Kier molecular flexibility index (Phi) is 6.68. The van der Waals surface area contributed by atoms with Gasteiger partial charge in [-0.3, -0.25) is 9.10 Å². The van der Waals surface area contributed by atoms with E-state index in [0.717, 1.165) is 28.3 Å². The van der Waals surface area contributed by atoms with Gasteiger partial charge in [0.25, 0.3) is 0 Å². The van der Waals surface area contributed by atoms with E-state index < -0.39 is 21.7 Å². The zero-order valence-electron chi connectivity index (χ0n) is 14.3. The molecule has 0 aliphatic carbocycles. The van der Waals surface area contributed by atoms with Gasteiger partial charge in [0.05, 0.1) is 11.9 Å². The van der Waals surface area contributed by atoms with E-state index in [4.69, 9.17) is 0 Å². The van der Waals surface area contributed by atoms with Crippen molar-refractivity contribution in [1.29, 1.82) is 0 Å². The van der Waals surface area contributed by atoms with E-state index >= 15 is 0 Å². The van der Waals surface area contributed by atoms with Gasteiger partial charge in [0.15, 0.2) is 0 Å². The quantitative estimate of drug-likeness (QED) is 0.763. The second kappa shape index (κ2) is 8.75. The zero-order chi connectivity index (χ0) is 19.2. The summed E-state index contributed by atoms with van der Waals surface area (Å²) in [5.74, 6) is -2.16. The van der Waals surface area contributed by atoms with Crippen LogP contribution in [0.2, 0.25) is 0 Å². The Labute approximate surface area is 151 Å². The van der Waals surface area contributed by atoms with Crippen molar-refractivity contribution in [1.82, 2.24) is 5.32 Å². The van der Waals surface area contributed by atoms with Crippen molar-refractivity contribution in [2.24, 2.45) is 0 Å². The molecule has 0 unspecified atom stereocenters. The first-order valence-corrected chi connectivity index (χ1v) is 9.85. The van der Waals surface area contributed by atoms with Crippen LogP contribution in [0, 0.1) is 11.6 Å². The summed E-state index contributed by atoms with van der Waals surface area (Å²) in [6.45, 7) is 0.172. The molecule has 0 saturated carbocycles. The van der Waals surface area contributed by atoms with Crippen LogP contribution in [0.15, 0.2) is 48.5 Å². The molecule has 0 aliphatic rings. The van der Waals surface area contributed by atoms with Crippen LogP contribution in [0.3, 0.4) is 0 Å². The summed E-state index contributed by atoms with van der Waals surface area (Å²) in [6.07, 6.45) is 1.41. The molecule has 26 heavy (non-hydrogen) atoms. The number of halogens is 2. The topological polar surface area (TPSA) is 66.5 Å². The fourth-order valence-electron chi connectivity index (χ4n) is 2.43. The van der Waals surface area contributed by atoms with Gasteiger partial charge in [-0.05, 0) is 24.1 Å². The Morgan fingerprint density at radius 2 is 1.81 bits per heavy atom. The summed E-state index contributed by atoms with van der Waals surface area (Å²) in [4.78, 5) is 11.9. The van der Waals surface area contributed by atoms with E-state index in [0.29, 0.717) is 19.0 Å². The number of benzene rings is 2. The van der Waals surface area contributed by atoms with Crippen LogP contribution in [0.5, 0.6) is 0 Å². The van der Waals surface area contributed by atoms with Crippen LogP contribution in [0.4, 0.5) is 14.5 Å². The van der Waals surface area contributed by atoms with Gasteiger partial charge >= 0.3 is 0 Å². The van der Waals surface area contributed by atoms with Crippen molar-refractivity contribution in [2.45, 2.75) is 12.8 Å². The highest BCUT2D eigenvalue weighted by molar-refractivity contribution is 7.92. The summed E-state index contributed by atoms with van der Waals surface area (Å²) >= 11 is 0. The lowest BCUT2D eigenvalue weighted by atomic mass is 10.1. The molecular formula is C18H20F2N2O3S. The molecule has 1 amide bonds. The molecule has 0 aromatic heterocycles. The van der Waals surface area contributed by atoms with Gasteiger partial charge in [0.2, 0.25) is 15.9 Å². The molecule has 0 spiro atoms. The smallest absolute Gasteiger partial charge is 0.232 e. The third-order valence-electron chi connectivity index (χ3n) is 3.70. The van der Waals surface area contributed by atoms with E-state index in [9.17, 15) is 22.0 Å². The summed E-state index contributed by atoms with van der Waals surface area (Å²) < 4.78 is 51.5. The van der Waals surface area contributed by atoms with Gasteiger partial charge in [-0.2, -0.15) is 0 Å². The molecule has 5 nitrogen and oxygen atoms in total. The number of sulfonamides is 1. The van der Waals surface area contributed by atoms with Gasteiger partial charge < -0.3 is 5.32 Å². The Morgan fingerprint density at radius 1 is 1.12 bits per heavy atom. The molecule has 2 aromatic rings. The van der Waals surface area contributed by atoms with Gasteiger partial charge in [-0.25, -0.2) is 17.2 Å². The SMILES string of the molecule is CS(=O)(=O)N(CCC(=O)NCCc1ccccc1)c1ccc(F)cc1F. The summed E-state index contributed by atoms with van der Waals surface area (Å²) in [7, 11) is -3.82. The van der Waals surface area contributed by atoms with Crippen molar-refractivity contribution in [3.63, 3.8) is 0 Å². The lowest BCUT2D eigenvalue weighted by Gasteiger charge is -2.22. The molecule has 2 rings (SSSR count). The highest BCUT2D eigenvalue weighted by Gasteiger charge is 2.22. The molecule has 1 N–H and O–H groups in total. The maximum atomic E-state index is 13.9. The fraction of sp³-hybridized carbons (Fsp3) is 0.278. The maximum absolute atomic E-state index is 13.9. The van der Waals surface area contributed by atoms with Crippen LogP contribution in [-0.2, 0) is 21.2 Å². The second-order valence-electron chi connectivity index (χ2n) is 5.77. The Hall–Kier alpha value is -2.48. The summed E-state index contributed by atoms with van der Waals surface area (Å²) in [6, 6.07) is 12.2. The van der Waals surface area contributed by atoms with Crippen molar-refractivity contribution in [3.05, 3.63) is 65.7 Å². The first-order chi connectivity index (χ1) is 12.3. The number of hydrogen-bond acceptors (Lipinski definition) is 3. The highest BCUT2D eigenvalue weighted by Crippen LogP contribution is 2.22. The number of nitrogens with one attached hydrogen (secondary N) is 1. The normalized spacial score (nSPS) is 11.2. The number of rotatable bonds is 8. The zero-order valence-corrected chi connectivity index (χ0v) is 15.1. The minimum Gasteiger partial charge on any atom is -0.356 e. The van der Waals surface area contributed by atoms with Gasteiger partial charge in [-0.15, -0.1) is 0 Å². The molecule has 0 bridgehead atoms. The van der Waals surface area contributed by atoms with E-state index in [1.807, 2.05) is 30.3 Å². The largest absolute Gasteiger partial charge is 0.356 e. The van der Waals surface area contributed by atoms with Crippen LogP contribution in [0.1, 0.15) is 12.0 Å². The predicted molar refractivity (Wildman–Crippen MR) is 96.3 cm³/mol. The van der Waals surface area contributed by atoms with Crippen molar-refractivity contribution in [2.75, 3.05) is 23.7 Å². The standard InChI is InChI=1S/C18H20F2N2O3S/c1-26(24,25)22(17-8-7-15(19)13-16(17)20)12-10-18(23)21-11-9-14-5-3-2-4-6-14/h2-8,13H,9-12H2,1H3,(H,21,23). The minimum atomic E-state index is -3.82. The first kappa shape index (κ1) is 19.8. The van der Waals surface area contributed by atoms with E-state index in [2.05, 4.69) is 5.32 Å². The summed E-state index contributed by atoms with van der Waals surface area (Å²) in [5.41, 5.74) is 0.782. The molecule has 0 fully saturated rings. The Bertz CT molecular complexity index is 858. The molecule has 0 saturated heterocycles. The van der Waals surface area contributed by atoms with Gasteiger partial charge in [0.1, 0.15) is 11.6 Å². The third-order valence-corrected chi connectivity index (χ3v) is 4.88. The van der Waals surface area contributed by atoms with Gasteiger partial charge in [0, 0.05) is 25.6 Å². The van der Waals surface area contributed by atoms with Crippen LogP contribution < -0.4 is 9.62 Å². The third kappa shape index (κ3) is 5.80. The molecule has 0 aliphatic heterocycles. The highest BCUT2D eigenvalue weighted by atomic mass is 32.2. The fourth-order valence-corrected chi connectivity index (χ4v) is 3.36. The van der Waals surface area contributed by atoms with Crippen molar-refractivity contribution < 1.29 is 22.0 Å². The second-order valence-corrected chi connectivity index (χ2v) is 7.67. The Balaban J connectivity index is 1.94. The monoisotopic (exact) mass is 382 g/mol. The molecule has 2 aromatic carbocycles. The molecular weight excluding hydrogens is 362 g/mol. The molecule has 8 heteroatoms. The van der Waals surface area contributed by atoms with E-state index in [1.54, 1.807) is 0 Å². The molecule has 0 radical (unpaired) electrons. The van der Waals surface area contributed by atoms with E-state index in [-0.39, 0.29) is 24.6 Å². The van der Waals surface area contributed by atoms with Crippen LogP contribution >= 0.6 is 0 Å². The minimum absolute atomic E-state index is 0.140. The predicted octanol–water partition coefficient (Wildman–Crippen LogP) is 2.48. The number of anilines is 1. The lowest BCUT2D eigenvalue weighted by molar-refractivity contribution is -0.120. The summed E-state index contributed by atoms with van der Waals surface area (Å²) in [5, 5.41) is 2.70. The first-order valence-electron chi connectivity index (χ1n) is 8.01. The van der Waals surface area contributed by atoms with Crippen molar-refractivity contribution in [3.8, 4) is 0 Å². The van der Waals surface area contributed by atoms with Crippen LogP contribution in [-0.4, -0.2) is 33.7 Å². The number of amides is 1. The van der Waals surface area contributed by atoms with Gasteiger partial charge in [-0.1, -0.05) is 30.3 Å². The molecule has 140 valence electrons. The lowest BCUT2D eigenvalue weighted by Crippen LogP contribution is -2.35. The average Bonchev–Trinajstić information content (AvgIpc) is 2.56. The van der Waals surface area contributed by atoms with Crippen molar-refractivity contribution >= 4 is 21.6 Å². The Morgan fingerprint density at radius 3 is 2.42 bits per heavy atom. The maximum Gasteiger partial charge on any atom is 0.232 e. The number of nitrogens with zero attached hydrogens (tertiary/aromatic N) is 1. The molecule has 0 atom stereocenters. The van der Waals surface area contributed by atoms with Crippen LogP contribution in [0.25, 0.3) is 0 Å². The molecule has 0 heterocycles. The number of carbonyl (C=O) groups is 1. The number of hydrogen-bond donors (Lipinski definition) is 1.